The molecule has 3 unspecified atom stereocenters. The van der Waals surface area contributed by atoms with Crippen LogP contribution in [0.25, 0.3) is 0 Å². The summed E-state index contributed by atoms with van der Waals surface area (Å²) in [6.07, 6.45) is 4.28. The molecule has 0 saturated carbocycles. The topological polar surface area (TPSA) is 276 Å². The van der Waals surface area contributed by atoms with E-state index in [2.05, 4.69) is 21.3 Å². The van der Waals surface area contributed by atoms with Gasteiger partial charge < -0.3 is 55.6 Å². The van der Waals surface area contributed by atoms with Gasteiger partial charge in [0.15, 0.2) is 11.8 Å². The monoisotopic (exact) mass is 1210 g/mol. The fraction of sp³-hybridized carbons (Fsp3) is 0.778. The summed E-state index contributed by atoms with van der Waals surface area (Å²) in [6, 6.07) is -12.7. The van der Waals surface area contributed by atoms with Crippen LogP contribution in [-0.4, -0.2) is 221 Å². The summed E-state index contributed by atoms with van der Waals surface area (Å²) in [4.78, 5) is 183. The third-order valence-corrected chi connectivity index (χ3v) is 16.1. The number of likely N-dealkylation sites (N-methyl/N-ethyl adjacent to an activating group) is 7. The van der Waals surface area contributed by atoms with E-state index in [1.807, 2.05) is 55.4 Å². The lowest BCUT2D eigenvalue weighted by Gasteiger charge is -2.41. The number of carbonyl (C=O) groups is 12. The molecule has 0 spiro atoms. The predicted molar refractivity (Wildman–Crippen MR) is 332 cm³/mol. The first-order valence-electron chi connectivity index (χ1n) is 30.8. The molecule has 0 aromatic rings. The highest BCUT2D eigenvalue weighted by molar-refractivity contribution is 6.10. The highest BCUT2D eigenvalue weighted by Crippen LogP contribution is 2.25. The van der Waals surface area contributed by atoms with E-state index in [-0.39, 0.29) is 55.8 Å². The van der Waals surface area contributed by atoms with E-state index in [0.717, 1.165) is 9.80 Å². The van der Waals surface area contributed by atoms with Crippen LogP contribution in [0.1, 0.15) is 157 Å². The standard InChI is InChI=1S/C63H111N11O12/c1-26-27-28-41(16)53(76)52-57(80)67-49(38(10)11)61(84)68(19)33-48(75)69(20)44(29-34(2)3)56(79)66-50(39(12)13)62(85)70(21)45(30-35(4)5)55(78)64-42(17)54(77)65-43(18)58(81)71(22)46(31-36(6)7)59(82)72(23)47(32-37(8)9)60(83)73(24)51(40(14)15)63(86)74(52)25/h26-27,34-47,49-52H,28-33H2,1-25H3,(H,64,78)(H,65,77)(H,66,79)(H,67,80)/b27-26+/t41-,42+,43?,44+,45+,46+,47+,49+,50?,51?,52+/m1/s1. The minimum Gasteiger partial charge on any atom is -0.343 e. The van der Waals surface area contributed by atoms with E-state index < -0.39 is 161 Å². The molecule has 11 atom stereocenters. The Morgan fingerprint density at radius 1 is 0.430 bits per heavy atom. The lowest BCUT2D eigenvalue weighted by Crippen LogP contribution is -2.63. The van der Waals surface area contributed by atoms with Crippen molar-refractivity contribution in [2.24, 2.45) is 47.3 Å². The van der Waals surface area contributed by atoms with Crippen molar-refractivity contribution in [3.05, 3.63) is 12.2 Å². The molecule has 23 heteroatoms. The zero-order valence-electron chi connectivity index (χ0n) is 56.8. The number of Topliss-reactive ketones (excluding diaryl/α,β-unsaturated/α-hetero) is 1. The van der Waals surface area contributed by atoms with Crippen LogP contribution in [0.5, 0.6) is 0 Å². The quantitative estimate of drug-likeness (QED) is 0.135. The first kappa shape index (κ1) is 77.6. The Kier molecular flexibility index (Phi) is 31.4. The third-order valence-electron chi connectivity index (χ3n) is 16.1. The smallest absolute Gasteiger partial charge is 0.251 e. The third kappa shape index (κ3) is 21.5. The fourth-order valence-electron chi connectivity index (χ4n) is 10.7. The molecule has 23 nitrogen and oxygen atoms in total. The van der Waals surface area contributed by atoms with Crippen LogP contribution in [0.2, 0.25) is 0 Å². The molecule has 490 valence electrons. The number of nitrogens with one attached hydrogen (secondary N) is 4. The van der Waals surface area contributed by atoms with E-state index in [4.69, 9.17) is 0 Å². The zero-order chi connectivity index (χ0) is 66.8. The van der Waals surface area contributed by atoms with Gasteiger partial charge in [-0.2, -0.15) is 0 Å². The van der Waals surface area contributed by atoms with Gasteiger partial charge in [-0.25, -0.2) is 0 Å². The van der Waals surface area contributed by atoms with E-state index in [1.54, 1.807) is 67.5 Å². The lowest BCUT2D eigenvalue weighted by molar-refractivity contribution is -0.157. The summed E-state index contributed by atoms with van der Waals surface area (Å²) >= 11 is 0. The molecule has 0 aromatic heterocycles. The minimum atomic E-state index is -1.82. The molecule has 1 aliphatic heterocycles. The maximum Gasteiger partial charge on any atom is 0.251 e. The Hall–Kier alpha value is -6.42. The van der Waals surface area contributed by atoms with Gasteiger partial charge in [0.05, 0.1) is 6.54 Å². The maximum atomic E-state index is 15.2. The molecule has 0 aromatic carbocycles. The Balaban J connectivity index is 4.37. The number of rotatable bonds is 15. The van der Waals surface area contributed by atoms with Crippen molar-refractivity contribution in [2.75, 3.05) is 55.9 Å². The van der Waals surface area contributed by atoms with Crippen LogP contribution in [0.4, 0.5) is 0 Å². The van der Waals surface area contributed by atoms with Crippen molar-refractivity contribution in [3.63, 3.8) is 0 Å². The minimum absolute atomic E-state index is 0.128. The summed E-state index contributed by atoms with van der Waals surface area (Å²) in [5, 5.41) is 11.0. The van der Waals surface area contributed by atoms with Gasteiger partial charge in [-0.1, -0.05) is 116 Å². The lowest BCUT2D eigenvalue weighted by atomic mass is 9.92. The van der Waals surface area contributed by atoms with Crippen LogP contribution in [0.3, 0.4) is 0 Å². The second-order valence-corrected chi connectivity index (χ2v) is 26.6. The predicted octanol–water partition coefficient (Wildman–Crippen LogP) is 3.72. The maximum absolute atomic E-state index is 15.2. The molecule has 0 bridgehead atoms. The van der Waals surface area contributed by atoms with Crippen molar-refractivity contribution in [1.29, 1.82) is 0 Å². The van der Waals surface area contributed by atoms with Crippen LogP contribution in [-0.2, 0) is 57.5 Å². The molecular formula is C63H111N11O12. The summed E-state index contributed by atoms with van der Waals surface area (Å²) in [5.41, 5.74) is 0. The number of allylic oxidation sites excluding steroid dienone is 2. The second-order valence-electron chi connectivity index (χ2n) is 26.6. The first-order chi connectivity index (χ1) is 39.6. The number of amides is 11. The normalized spacial score (nSPS) is 26.4. The number of hydrogen-bond donors (Lipinski definition) is 4. The van der Waals surface area contributed by atoms with Gasteiger partial charge in [-0.05, 0) is 94.3 Å². The molecule has 1 fully saturated rings. The van der Waals surface area contributed by atoms with Crippen molar-refractivity contribution < 1.29 is 57.5 Å². The highest BCUT2D eigenvalue weighted by atomic mass is 16.2. The van der Waals surface area contributed by atoms with Crippen molar-refractivity contribution in [3.8, 4) is 0 Å². The average Bonchev–Trinajstić information content (AvgIpc) is 2.16. The van der Waals surface area contributed by atoms with Crippen LogP contribution >= 0.6 is 0 Å². The van der Waals surface area contributed by atoms with E-state index in [1.165, 1.54) is 87.7 Å². The Morgan fingerprint density at radius 3 is 1.26 bits per heavy atom. The summed E-state index contributed by atoms with van der Waals surface area (Å²) < 4.78 is 0. The van der Waals surface area contributed by atoms with Gasteiger partial charge in [0.2, 0.25) is 59.1 Å². The molecule has 1 aliphatic rings. The van der Waals surface area contributed by atoms with E-state index >= 15 is 9.59 Å². The molecule has 1 rings (SSSR count). The summed E-state index contributed by atoms with van der Waals surface area (Å²) in [5.74, 6) is -11.6. The Bertz CT molecular complexity index is 2410. The van der Waals surface area contributed by atoms with E-state index in [9.17, 15) is 47.9 Å². The van der Waals surface area contributed by atoms with Crippen molar-refractivity contribution in [1.82, 2.24) is 55.6 Å². The average molecular weight is 1210 g/mol. The van der Waals surface area contributed by atoms with Crippen LogP contribution in [0.15, 0.2) is 12.2 Å². The number of hydrogen-bond acceptors (Lipinski definition) is 12. The van der Waals surface area contributed by atoms with Crippen molar-refractivity contribution >= 4 is 70.8 Å². The van der Waals surface area contributed by atoms with Gasteiger partial charge in [-0.15, -0.1) is 0 Å². The van der Waals surface area contributed by atoms with Gasteiger partial charge in [0.1, 0.15) is 54.4 Å². The molecule has 11 amide bonds. The molecule has 0 radical (unpaired) electrons. The SMILES string of the molecule is C/C=C/C[C@@H](C)C(=O)[C@H]1C(=O)N[C@@H](C(C)C)C(=O)N(C)CC(=O)N(C)[C@@H](CC(C)C)C(=O)NC(C(C)C)C(=O)N(C)[C@@H](CC(C)C)C(=O)N[C@@H](C)C(=O)NC(C)C(=O)N(C)[C@@H](CC(C)C)C(=O)N(C)[C@@H](CC(C)C)C(=O)N(C)C(C(C)C)C(=O)N1C. The fourth-order valence-corrected chi connectivity index (χ4v) is 10.7. The molecule has 86 heavy (non-hydrogen) atoms. The first-order valence-corrected chi connectivity index (χ1v) is 30.8. The second kappa shape index (κ2) is 34.8. The van der Waals surface area contributed by atoms with Gasteiger partial charge in [0, 0.05) is 55.3 Å². The molecule has 4 N–H and O–H groups in total. The van der Waals surface area contributed by atoms with Crippen molar-refractivity contribution in [2.45, 2.75) is 217 Å². The summed E-state index contributed by atoms with van der Waals surface area (Å²) in [6.45, 7) is 30.8. The zero-order valence-corrected chi connectivity index (χ0v) is 56.8. The molecule has 1 heterocycles. The molecule has 1 saturated heterocycles. The number of carbonyl (C=O) groups excluding carboxylic acids is 12. The summed E-state index contributed by atoms with van der Waals surface area (Å²) in [7, 11) is 9.80. The Labute approximate surface area is 514 Å². The van der Waals surface area contributed by atoms with Gasteiger partial charge in [0.25, 0.3) is 5.91 Å². The van der Waals surface area contributed by atoms with Crippen LogP contribution < -0.4 is 21.3 Å². The van der Waals surface area contributed by atoms with Crippen LogP contribution in [0, 0.1) is 47.3 Å². The largest absolute Gasteiger partial charge is 0.343 e. The van der Waals surface area contributed by atoms with E-state index in [0.29, 0.717) is 0 Å². The number of nitrogens with zero attached hydrogens (tertiary/aromatic N) is 7. The Morgan fingerprint density at radius 2 is 0.814 bits per heavy atom. The van der Waals surface area contributed by atoms with Gasteiger partial charge in [-0.3, -0.25) is 57.5 Å². The molecular weight excluding hydrogens is 1100 g/mol. The molecule has 0 aliphatic carbocycles. The number of ketones is 1. The highest BCUT2D eigenvalue weighted by Gasteiger charge is 2.46. The van der Waals surface area contributed by atoms with Gasteiger partial charge >= 0.3 is 0 Å².